The summed E-state index contributed by atoms with van der Waals surface area (Å²) in [5.41, 5.74) is -0.522. The van der Waals surface area contributed by atoms with Gasteiger partial charge in [0, 0.05) is 15.9 Å². The maximum atomic E-state index is 12.6. The number of hydrogen-bond acceptors (Lipinski definition) is 4. The van der Waals surface area contributed by atoms with Gasteiger partial charge in [0.2, 0.25) is 0 Å². The number of nitriles is 1. The van der Waals surface area contributed by atoms with Crippen LogP contribution in [0.2, 0.25) is 0 Å². The van der Waals surface area contributed by atoms with Crippen LogP contribution in [0, 0.1) is 11.3 Å². The molecule has 0 atom stereocenters. The van der Waals surface area contributed by atoms with Crippen molar-refractivity contribution in [2.75, 3.05) is 5.32 Å². The Bertz CT molecular complexity index is 1120. The third-order valence-corrected chi connectivity index (χ3v) is 4.45. The van der Waals surface area contributed by atoms with E-state index < -0.39 is 18.0 Å². The van der Waals surface area contributed by atoms with E-state index in [0.29, 0.717) is 15.2 Å². The lowest BCUT2D eigenvalue weighted by Gasteiger charge is -2.15. The van der Waals surface area contributed by atoms with E-state index in [4.69, 9.17) is 5.26 Å². The predicted molar refractivity (Wildman–Crippen MR) is 99.1 cm³/mol. The van der Waals surface area contributed by atoms with Crippen molar-refractivity contribution in [1.29, 1.82) is 5.26 Å². The maximum Gasteiger partial charge on any atom is 0.573 e. The van der Waals surface area contributed by atoms with Crippen molar-refractivity contribution in [3.8, 4) is 17.6 Å². The van der Waals surface area contributed by atoms with Crippen LogP contribution in [0.25, 0.3) is 10.8 Å². The molecule has 0 aliphatic heterocycles. The minimum atomic E-state index is -5.01. The zero-order valence-corrected chi connectivity index (χ0v) is 15.4. The molecule has 142 valence electrons. The molecule has 0 saturated heterocycles. The number of hydrogen-bond donors (Lipinski definition) is 2. The quantitative estimate of drug-likeness (QED) is 0.564. The molecular weight excluding hydrogens is 441 g/mol. The molecule has 0 radical (unpaired) electrons. The van der Waals surface area contributed by atoms with Crippen LogP contribution in [0.3, 0.4) is 0 Å². The lowest BCUT2D eigenvalue weighted by Crippen LogP contribution is -2.20. The molecule has 3 aromatic carbocycles. The normalized spacial score (nSPS) is 11.1. The zero-order valence-electron chi connectivity index (χ0n) is 13.8. The van der Waals surface area contributed by atoms with Gasteiger partial charge in [-0.15, -0.1) is 13.2 Å². The molecule has 9 heteroatoms. The van der Waals surface area contributed by atoms with E-state index in [0.717, 1.165) is 12.1 Å². The Morgan fingerprint density at radius 3 is 2.46 bits per heavy atom. The second kappa shape index (κ2) is 7.40. The largest absolute Gasteiger partial charge is 0.573 e. The van der Waals surface area contributed by atoms with Crippen molar-refractivity contribution in [2.24, 2.45) is 0 Å². The van der Waals surface area contributed by atoms with Crippen LogP contribution in [0.5, 0.6) is 11.5 Å². The van der Waals surface area contributed by atoms with Crippen LogP contribution in [0.4, 0.5) is 18.9 Å². The van der Waals surface area contributed by atoms with Crippen LogP contribution < -0.4 is 10.1 Å². The fourth-order valence-electron chi connectivity index (χ4n) is 2.58. The molecule has 3 aromatic rings. The van der Waals surface area contributed by atoms with E-state index in [9.17, 15) is 23.1 Å². The molecule has 0 fully saturated rings. The lowest BCUT2D eigenvalue weighted by molar-refractivity contribution is -0.274. The summed E-state index contributed by atoms with van der Waals surface area (Å²) >= 11 is 3.31. The standard InChI is InChI=1S/C19H10BrF3N2O3/c20-14-8-13(17(26)12-4-2-1-3-11(12)14)18(27)25-15-6-5-10(9-24)7-16(15)28-19(21,22)23/h1-8,26H,(H,25,27). The summed E-state index contributed by atoms with van der Waals surface area (Å²) in [7, 11) is 0. The number of fused-ring (bicyclic) bond motifs is 1. The first-order chi connectivity index (χ1) is 13.2. The summed E-state index contributed by atoms with van der Waals surface area (Å²) in [6.45, 7) is 0. The molecule has 0 saturated carbocycles. The van der Waals surface area contributed by atoms with Crippen molar-refractivity contribution >= 4 is 38.3 Å². The third kappa shape index (κ3) is 4.02. The Labute approximate surface area is 165 Å². The Morgan fingerprint density at radius 1 is 1.14 bits per heavy atom. The van der Waals surface area contributed by atoms with Crippen LogP contribution >= 0.6 is 15.9 Å². The highest BCUT2D eigenvalue weighted by Gasteiger charge is 2.32. The summed E-state index contributed by atoms with van der Waals surface area (Å²) < 4.78 is 42.4. The fraction of sp³-hybridized carbons (Fsp3) is 0.0526. The number of phenolic OH excluding ortho intramolecular Hbond substituents is 1. The van der Waals surface area contributed by atoms with Crippen molar-refractivity contribution in [2.45, 2.75) is 6.36 Å². The minimum absolute atomic E-state index is 0.0754. The number of rotatable bonds is 3. The van der Waals surface area contributed by atoms with Crippen LogP contribution in [0.15, 0.2) is 53.0 Å². The average Bonchev–Trinajstić information content (AvgIpc) is 2.64. The molecule has 0 bridgehead atoms. The van der Waals surface area contributed by atoms with Gasteiger partial charge in [0.15, 0.2) is 5.75 Å². The molecule has 0 heterocycles. The van der Waals surface area contributed by atoms with Gasteiger partial charge in [-0.3, -0.25) is 4.79 Å². The van der Waals surface area contributed by atoms with Gasteiger partial charge in [-0.05, 0) is 23.6 Å². The van der Waals surface area contributed by atoms with E-state index in [2.05, 4.69) is 26.0 Å². The maximum absolute atomic E-state index is 12.6. The lowest BCUT2D eigenvalue weighted by atomic mass is 10.0. The van der Waals surface area contributed by atoms with Crippen molar-refractivity contribution in [3.63, 3.8) is 0 Å². The first kappa shape index (κ1) is 19.5. The number of amides is 1. The molecular formula is C19H10BrF3N2O3. The highest BCUT2D eigenvalue weighted by Crippen LogP contribution is 2.36. The number of anilines is 1. The monoisotopic (exact) mass is 450 g/mol. The Hall–Kier alpha value is -3.25. The smallest absolute Gasteiger partial charge is 0.506 e. The predicted octanol–water partition coefficient (Wildman–Crippen LogP) is 5.33. The van der Waals surface area contributed by atoms with E-state index in [1.807, 2.05) is 0 Å². The van der Waals surface area contributed by atoms with Gasteiger partial charge in [-0.2, -0.15) is 5.26 Å². The number of nitrogens with one attached hydrogen (secondary N) is 1. The minimum Gasteiger partial charge on any atom is -0.506 e. The second-order valence-electron chi connectivity index (χ2n) is 5.62. The molecule has 0 aliphatic carbocycles. The second-order valence-corrected chi connectivity index (χ2v) is 6.48. The Morgan fingerprint density at radius 2 is 1.82 bits per heavy atom. The van der Waals surface area contributed by atoms with Gasteiger partial charge < -0.3 is 15.2 Å². The van der Waals surface area contributed by atoms with Crippen LogP contribution in [0.1, 0.15) is 15.9 Å². The van der Waals surface area contributed by atoms with Crippen LogP contribution in [-0.4, -0.2) is 17.4 Å². The summed E-state index contributed by atoms with van der Waals surface area (Å²) in [5.74, 6) is -1.90. The number of halogens is 4. The summed E-state index contributed by atoms with van der Waals surface area (Å²) in [6, 6.07) is 13.0. The van der Waals surface area contributed by atoms with Gasteiger partial charge in [0.05, 0.1) is 22.9 Å². The first-order valence-electron chi connectivity index (χ1n) is 7.71. The number of ether oxygens (including phenoxy) is 1. The number of benzene rings is 3. The molecule has 5 nitrogen and oxygen atoms in total. The Balaban J connectivity index is 2.01. The first-order valence-corrected chi connectivity index (χ1v) is 8.50. The summed E-state index contributed by atoms with van der Waals surface area (Å²) in [4.78, 5) is 12.6. The van der Waals surface area contributed by atoms with Gasteiger partial charge >= 0.3 is 6.36 Å². The van der Waals surface area contributed by atoms with Crippen LogP contribution in [-0.2, 0) is 0 Å². The molecule has 2 N–H and O–H groups in total. The number of aromatic hydroxyl groups is 1. The molecule has 0 aliphatic rings. The molecule has 3 rings (SSSR count). The number of carbonyl (C=O) groups is 1. The topological polar surface area (TPSA) is 82.4 Å². The van der Waals surface area contributed by atoms with E-state index in [1.54, 1.807) is 30.3 Å². The average molecular weight is 451 g/mol. The van der Waals surface area contributed by atoms with E-state index in [1.165, 1.54) is 12.1 Å². The van der Waals surface area contributed by atoms with E-state index in [-0.39, 0.29) is 22.6 Å². The molecule has 0 spiro atoms. The summed E-state index contributed by atoms with van der Waals surface area (Å²) in [6.07, 6.45) is -5.01. The highest BCUT2D eigenvalue weighted by molar-refractivity contribution is 9.10. The van der Waals surface area contributed by atoms with Gasteiger partial charge in [0.1, 0.15) is 5.75 Å². The third-order valence-electron chi connectivity index (χ3n) is 3.79. The van der Waals surface area contributed by atoms with E-state index >= 15 is 0 Å². The highest BCUT2D eigenvalue weighted by atomic mass is 79.9. The van der Waals surface area contributed by atoms with Crippen molar-refractivity contribution in [1.82, 2.24) is 0 Å². The SMILES string of the molecule is N#Cc1ccc(NC(=O)c2cc(Br)c3ccccc3c2O)c(OC(F)(F)F)c1. The van der Waals surface area contributed by atoms with Crippen molar-refractivity contribution < 1.29 is 27.8 Å². The van der Waals surface area contributed by atoms with Gasteiger partial charge in [0.25, 0.3) is 5.91 Å². The number of carbonyl (C=O) groups excluding carboxylic acids is 1. The fourth-order valence-corrected chi connectivity index (χ4v) is 3.16. The van der Waals surface area contributed by atoms with Crippen molar-refractivity contribution in [3.05, 3.63) is 64.1 Å². The Kier molecular flexibility index (Phi) is 5.16. The summed E-state index contributed by atoms with van der Waals surface area (Å²) in [5, 5.41) is 22.6. The number of alkyl halides is 3. The molecule has 28 heavy (non-hydrogen) atoms. The molecule has 1 amide bonds. The van der Waals surface area contributed by atoms with Gasteiger partial charge in [-0.25, -0.2) is 0 Å². The number of phenols is 1. The molecule has 0 aromatic heterocycles. The van der Waals surface area contributed by atoms with Gasteiger partial charge in [-0.1, -0.05) is 40.2 Å². The zero-order chi connectivity index (χ0) is 20.5. The molecule has 0 unspecified atom stereocenters. The number of nitrogens with zero attached hydrogens (tertiary/aromatic N) is 1.